The van der Waals surface area contributed by atoms with Crippen molar-refractivity contribution in [1.29, 1.82) is 0 Å². The van der Waals surface area contributed by atoms with Crippen LogP contribution in [0.1, 0.15) is 12.1 Å². The minimum Gasteiger partial charge on any atom is -0.396 e. The van der Waals surface area contributed by atoms with Crippen LogP contribution >= 0.6 is 0 Å². The fourth-order valence-corrected chi connectivity index (χ4v) is 2.20. The van der Waals surface area contributed by atoms with Crippen LogP contribution in [-0.4, -0.2) is 32.9 Å². The number of hydrogen-bond donors (Lipinski definition) is 2. The van der Waals surface area contributed by atoms with Crippen LogP contribution in [0.3, 0.4) is 0 Å². The molecular weight excluding hydrogens is 240 g/mol. The molecule has 0 atom stereocenters. The number of nitrogens with zero attached hydrogens (tertiary/aromatic N) is 3. The van der Waals surface area contributed by atoms with Crippen LogP contribution in [0.4, 0.5) is 5.82 Å². The minimum atomic E-state index is 0.180. The van der Waals surface area contributed by atoms with Crippen LogP contribution in [0.25, 0.3) is 16.6 Å². The lowest BCUT2D eigenvalue weighted by Crippen LogP contribution is -2.07. The van der Waals surface area contributed by atoms with Gasteiger partial charge >= 0.3 is 0 Å². The lowest BCUT2D eigenvalue weighted by Gasteiger charge is -2.09. The Kier molecular flexibility index (Phi) is 3.05. The Morgan fingerprint density at radius 2 is 2.16 bits per heavy atom. The first-order valence-corrected chi connectivity index (χ1v) is 6.39. The zero-order valence-electron chi connectivity index (χ0n) is 10.8. The number of hydrogen-bond acceptors (Lipinski definition) is 4. The number of aliphatic hydroxyl groups excluding tert-OH is 1. The van der Waals surface area contributed by atoms with Crippen LogP contribution < -0.4 is 5.32 Å². The molecular formula is C14H16N4O. The van der Waals surface area contributed by atoms with Crippen molar-refractivity contribution in [2.45, 2.75) is 13.3 Å². The fourth-order valence-electron chi connectivity index (χ4n) is 2.20. The van der Waals surface area contributed by atoms with Gasteiger partial charge in [0.05, 0.1) is 11.2 Å². The molecule has 98 valence electrons. The van der Waals surface area contributed by atoms with Crippen molar-refractivity contribution in [3.63, 3.8) is 0 Å². The maximum absolute atomic E-state index is 8.86. The maximum Gasteiger partial charge on any atom is 0.158 e. The Hall–Kier alpha value is -2.14. The quantitative estimate of drug-likeness (QED) is 0.701. The molecule has 5 nitrogen and oxygen atoms in total. The summed E-state index contributed by atoms with van der Waals surface area (Å²) in [6.07, 6.45) is 0.708. The average molecular weight is 256 g/mol. The summed E-state index contributed by atoms with van der Waals surface area (Å²) < 4.78 is 1.86. The summed E-state index contributed by atoms with van der Waals surface area (Å²) in [4.78, 5) is 4.60. The van der Waals surface area contributed by atoms with Gasteiger partial charge in [0.1, 0.15) is 5.82 Å². The summed E-state index contributed by atoms with van der Waals surface area (Å²) in [6.45, 7) is 2.85. The molecule has 0 unspecified atom stereocenters. The summed E-state index contributed by atoms with van der Waals surface area (Å²) in [5.41, 5.74) is 2.82. The van der Waals surface area contributed by atoms with Gasteiger partial charge in [-0.25, -0.2) is 9.50 Å². The molecule has 0 spiro atoms. The summed E-state index contributed by atoms with van der Waals surface area (Å²) in [7, 11) is 0. The van der Waals surface area contributed by atoms with Crippen LogP contribution in [0, 0.1) is 6.92 Å². The van der Waals surface area contributed by atoms with Crippen LogP contribution in [0.15, 0.2) is 30.3 Å². The van der Waals surface area contributed by atoms with Gasteiger partial charge in [-0.2, -0.15) is 5.10 Å². The van der Waals surface area contributed by atoms with E-state index in [0.29, 0.717) is 13.0 Å². The van der Waals surface area contributed by atoms with Gasteiger partial charge < -0.3 is 10.4 Å². The second-order valence-electron chi connectivity index (χ2n) is 4.54. The molecule has 0 radical (unpaired) electrons. The second kappa shape index (κ2) is 4.85. The van der Waals surface area contributed by atoms with Crippen molar-refractivity contribution in [3.8, 4) is 0 Å². The maximum atomic E-state index is 8.86. The Morgan fingerprint density at radius 1 is 1.32 bits per heavy atom. The highest BCUT2D eigenvalue weighted by atomic mass is 16.3. The van der Waals surface area contributed by atoms with Crippen molar-refractivity contribution in [1.82, 2.24) is 14.6 Å². The smallest absolute Gasteiger partial charge is 0.158 e. The molecule has 0 saturated heterocycles. The first kappa shape index (κ1) is 11.9. The van der Waals surface area contributed by atoms with Gasteiger partial charge in [-0.1, -0.05) is 12.1 Å². The Balaban J connectivity index is 2.17. The summed E-state index contributed by atoms with van der Waals surface area (Å²) >= 11 is 0. The molecule has 0 aliphatic carbocycles. The third-order valence-corrected chi connectivity index (χ3v) is 3.05. The van der Waals surface area contributed by atoms with E-state index >= 15 is 0 Å². The van der Waals surface area contributed by atoms with Crippen molar-refractivity contribution in [2.75, 3.05) is 18.5 Å². The molecule has 2 N–H and O–H groups in total. The minimum absolute atomic E-state index is 0.180. The van der Waals surface area contributed by atoms with E-state index in [1.807, 2.05) is 41.8 Å². The Morgan fingerprint density at radius 3 is 3.00 bits per heavy atom. The number of aryl methyl sites for hydroxylation is 1. The molecule has 2 aromatic heterocycles. The number of aliphatic hydroxyl groups is 1. The molecule has 19 heavy (non-hydrogen) atoms. The van der Waals surface area contributed by atoms with E-state index in [-0.39, 0.29) is 6.61 Å². The third-order valence-electron chi connectivity index (χ3n) is 3.05. The van der Waals surface area contributed by atoms with Crippen LogP contribution in [0.2, 0.25) is 0 Å². The SMILES string of the molecule is Cc1cc2nc(NCCCO)c3ccccc3n2n1. The lowest BCUT2D eigenvalue weighted by molar-refractivity contribution is 0.292. The Bertz CT molecular complexity index is 720. The van der Waals surface area contributed by atoms with Crippen molar-refractivity contribution < 1.29 is 5.11 Å². The molecule has 0 aliphatic rings. The first-order chi connectivity index (χ1) is 9.29. The Labute approximate surface area is 110 Å². The van der Waals surface area contributed by atoms with Crippen molar-refractivity contribution in [3.05, 3.63) is 36.0 Å². The van der Waals surface area contributed by atoms with Gasteiger partial charge in [0, 0.05) is 24.6 Å². The zero-order chi connectivity index (χ0) is 13.2. The lowest BCUT2D eigenvalue weighted by atomic mass is 10.2. The highest BCUT2D eigenvalue weighted by Crippen LogP contribution is 2.23. The first-order valence-electron chi connectivity index (χ1n) is 6.39. The molecule has 3 aromatic rings. The zero-order valence-corrected chi connectivity index (χ0v) is 10.8. The van der Waals surface area contributed by atoms with E-state index in [2.05, 4.69) is 15.4 Å². The summed E-state index contributed by atoms with van der Waals surface area (Å²) in [5.74, 6) is 0.844. The summed E-state index contributed by atoms with van der Waals surface area (Å²) in [5, 5.41) is 17.6. The van der Waals surface area contributed by atoms with E-state index in [9.17, 15) is 0 Å². The van der Waals surface area contributed by atoms with Gasteiger partial charge in [0.2, 0.25) is 0 Å². The summed E-state index contributed by atoms with van der Waals surface area (Å²) in [6, 6.07) is 10.0. The molecule has 0 saturated carbocycles. The number of aromatic nitrogens is 3. The van der Waals surface area contributed by atoms with E-state index in [0.717, 1.165) is 28.1 Å². The largest absolute Gasteiger partial charge is 0.396 e. The molecule has 0 fully saturated rings. The number of rotatable bonds is 4. The molecule has 0 aliphatic heterocycles. The predicted molar refractivity (Wildman–Crippen MR) is 75.4 cm³/mol. The van der Waals surface area contributed by atoms with Gasteiger partial charge in [-0.05, 0) is 25.5 Å². The molecule has 5 heteroatoms. The van der Waals surface area contributed by atoms with Gasteiger partial charge in [0.25, 0.3) is 0 Å². The number of benzene rings is 1. The van der Waals surface area contributed by atoms with E-state index in [1.54, 1.807) is 0 Å². The van der Waals surface area contributed by atoms with Crippen LogP contribution in [0.5, 0.6) is 0 Å². The van der Waals surface area contributed by atoms with E-state index < -0.39 is 0 Å². The average Bonchev–Trinajstić information content (AvgIpc) is 2.80. The third kappa shape index (κ3) is 2.13. The second-order valence-corrected chi connectivity index (χ2v) is 4.54. The van der Waals surface area contributed by atoms with E-state index in [4.69, 9.17) is 5.11 Å². The number of anilines is 1. The van der Waals surface area contributed by atoms with Gasteiger partial charge in [-0.15, -0.1) is 0 Å². The molecule has 3 rings (SSSR count). The molecule has 1 aromatic carbocycles. The molecule has 0 amide bonds. The van der Waals surface area contributed by atoms with Crippen molar-refractivity contribution >= 4 is 22.4 Å². The molecule has 2 heterocycles. The monoisotopic (exact) mass is 256 g/mol. The van der Waals surface area contributed by atoms with E-state index in [1.165, 1.54) is 0 Å². The molecule has 0 bridgehead atoms. The standard InChI is InChI=1S/C14H16N4O/c1-10-9-13-16-14(15-7-4-8-19)11-5-2-3-6-12(11)18(13)17-10/h2-3,5-6,9,19H,4,7-8H2,1H3,(H,15,16). The number of nitrogens with one attached hydrogen (secondary N) is 1. The number of para-hydroxylation sites is 1. The predicted octanol–water partition coefficient (Wildman–Crippen LogP) is 1.99. The van der Waals surface area contributed by atoms with Gasteiger partial charge in [-0.3, -0.25) is 0 Å². The topological polar surface area (TPSA) is 62.5 Å². The van der Waals surface area contributed by atoms with Crippen LogP contribution in [-0.2, 0) is 0 Å². The normalized spacial score (nSPS) is 11.3. The van der Waals surface area contributed by atoms with Gasteiger partial charge in [0.15, 0.2) is 5.65 Å². The highest BCUT2D eigenvalue weighted by Gasteiger charge is 2.09. The fraction of sp³-hybridized carbons (Fsp3) is 0.286. The number of fused-ring (bicyclic) bond motifs is 3. The van der Waals surface area contributed by atoms with Crippen molar-refractivity contribution in [2.24, 2.45) is 0 Å². The highest BCUT2D eigenvalue weighted by molar-refractivity contribution is 5.91.